The molecule has 0 aliphatic rings. The number of likely N-dealkylation sites (N-methyl/N-ethyl adjacent to an activating group) is 1. The number of H-pyrrole nitrogens is 1. The molecule has 0 spiro atoms. The monoisotopic (exact) mass is 312 g/mol. The first kappa shape index (κ1) is 20.1. The number of imidazole rings is 1. The molecule has 1 amide bonds. The highest BCUT2D eigenvalue weighted by Gasteiger charge is 2.25. The van der Waals surface area contributed by atoms with Crippen LogP contribution >= 0.6 is 0 Å². The number of aromatic amines is 1. The van der Waals surface area contributed by atoms with Crippen molar-refractivity contribution in [3.8, 4) is 0 Å². The molecular formula is C15H28N4O3. The summed E-state index contributed by atoms with van der Waals surface area (Å²) in [4.78, 5) is 30.5. The first-order valence-corrected chi connectivity index (χ1v) is 7.42. The molecule has 1 heterocycles. The van der Waals surface area contributed by atoms with Crippen LogP contribution in [0.5, 0.6) is 0 Å². The molecule has 7 nitrogen and oxygen atoms in total. The van der Waals surface area contributed by atoms with Crippen LogP contribution in [0.15, 0.2) is 12.4 Å². The molecule has 0 aromatic carbocycles. The van der Waals surface area contributed by atoms with Crippen LogP contribution in [-0.2, 0) is 20.9 Å². The molecule has 0 aliphatic carbocycles. The van der Waals surface area contributed by atoms with Gasteiger partial charge >= 0.3 is 0 Å². The summed E-state index contributed by atoms with van der Waals surface area (Å²) in [5.74, 6) is 1.25. The average Bonchev–Trinajstić information content (AvgIpc) is 3.00. The lowest BCUT2D eigenvalue weighted by molar-refractivity contribution is -0.135. The van der Waals surface area contributed by atoms with Gasteiger partial charge < -0.3 is 19.9 Å². The fourth-order valence-corrected chi connectivity index (χ4v) is 2.04. The minimum Gasteiger partial charge on any atom is -0.471 e. The Balaban J connectivity index is 0.000000980. The molecule has 126 valence electrons. The predicted molar refractivity (Wildman–Crippen MR) is 85.1 cm³/mol. The Morgan fingerprint density at radius 3 is 2.55 bits per heavy atom. The number of hydrogen-bond donors (Lipinski definition) is 2. The maximum atomic E-state index is 12.5. The Labute approximate surface area is 132 Å². The Kier molecular flexibility index (Phi) is 10.7. The molecule has 2 N–H and O–H groups in total. The number of aromatic nitrogens is 2. The van der Waals surface area contributed by atoms with E-state index in [1.165, 1.54) is 7.11 Å². The van der Waals surface area contributed by atoms with Crippen molar-refractivity contribution in [2.45, 2.75) is 39.8 Å². The lowest BCUT2D eigenvalue weighted by atomic mass is 10.0. The van der Waals surface area contributed by atoms with Gasteiger partial charge in [-0.25, -0.2) is 4.98 Å². The van der Waals surface area contributed by atoms with Crippen LogP contribution in [0.4, 0.5) is 0 Å². The summed E-state index contributed by atoms with van der Waals surface area (Å²) in [6, 6.07) is -0.133. The van der Waals surface area contributed by atoms with Crippen molar-refractivity contribution in [2.24, 2.45) is 5.92 Å². The average molecular weight is 312 g/mol. The second-order valence-corrected chi connectivity index (χ2v) is 5.14. The predicted octanol–water partition coefficient (Wildman–Crippen LogP) is 1.18. The number of nitrogens with one attached hydrogen (secondary N) is 2. The first-order chi connectivity index (χ1) is 10.5. The third-order valence-corrected chi connectivity index (χ3v) is 3.04. The van der Waals surface area contributed by atoms with Crippen LogP contribution in [0.2, 0.25) is 0 Å². The largest absolute Gasteiger partial charge is 0.471 e. The molecule has 1 aromatic heterocycles. The van der Waals surface area contributed by atoms with E-state index in [0.29, 0.717) is 13.0 Å². The van der Waals surface area contributed by atoms with Gasteiger partial charge in [-0.05, 0) is 19.4 Å². The van der Waals surface area contributed by atoms with Crippen LogP contribution in [0.25, 0.3) is 0 Å². The van der Waals surface area contributed by atoms with Crippen molar-refractivity contribution in [2.75, 3.05) is 20.7 Å². The molecule has 0 saturated carbocycles. The van der Waals surface area contributed by atoms with Gasteiger partial charge in [-0.15, -0.1) is 0 Å². The molecule has 0 aliphatic heterocycles. The Bertz CT molecular complexity index is 407. The van der Waals surface area contributed by atoms with Crippen LogP contribution in [0.1, 0.15) is 33.0 Å². The second kappa shape index (κ2) is 11.7. The van der Waals surface area contributed by atoms with E-state index < -0.39 is 0 Å². The van der Waals surface area contributed by atoms with E-state index in [9.17, 15) is 4.79 Å². The summed E-state index contributed by atoms with van der Waals surface area (Å²) >= 11 is 0. The number of amides is 1. The van der Waals surface area contributed by atoms with E-state index in [1.807, 2.05) is 11.9 Å². The van der Waals surface area contributed by atoms with Crippen molar-refractivity contribution in [3.05, 3.63) is 18.2 Å². The van der Waals surface area contributed by atoms with Gasteiger partial charge in [-0.2, -0.15) is 0 Å². The van der Waals surface area contributed by atoms with E-state index in [0.717, 1.165) is 18.8 Å². The Morgan fingerprint density at radius 1 is 1.55 bits per heavy atom. The van der Waals surface area contributed by atoms with Gasteiger partial charge in [0.25, 0.3) is 6.47 Å². The minimum absolute atomic E-state index is 0.133. The summed E-state index contributed by atoms with van der Waals surface area (Å²) in [5.41, 5.74) is 0. The van der Waals surface area contributed by atoms with E-state index >= 15 is 0 Å². The third-order valence-electron chi connectivity index (χ3n) is 3.04. The Morgan fingerprint density at radius 2 is 2.18 bits per heavy atom. The topological polar surface area (TPSA) is 87.3 Å². The zero-order valence-electron chi connectivity index (χ0n) is 14.1. The van der Waals surface area contributed by atoms with Crippen LogP contribution in [-0.4, -0.2) is 54.0 Å². The van der Waals surface area contributed by atoms with Gasteiger partial charge in [0.2, 0.25) is 5.91 Å². The molecule has 1 aromatic rings. The van der Waals surface area contributed by atoms with E-state index in [1.54, 1.807) is 12.4 Å². The fourth-order valence-electron chi connectivity index (χ4n) is 2.04. The maximum absolute atomic E-state index is 12.5. The standard InChI is InChI=1S/C13H24N4O.C2H4O2/c1-5-8-17(9-11-15-6-7-16-11)13(18)12(14-4)10(2)3;1-4-2-3/h6-7,10,12,14H,5,8-9H2,1-4H3,(H,15,16);2H,1H3. The number of carbonyl (C=O) groups is 2. The van der Waals surface area contributed by atoms with Gasteiger partial charge in [0, 0.05) is 18.9 Å². The summed E-state index contributed by atoms with van der Waals surface area (Å²) in [6.07, 6.45) is 4.44. The normalized spacial score (nSPS) is 11.4. The molecule has 1 rings (SSSR count). The highest BCUT2D eigenvalue weighted by atomic mass is 16.5. The zero-order valence-corrected chi connectivity index (χ0v) is 14.1. The highest BCUT2D eigenvalue weighted by molar-refractivity contribution is 5.82. The van der Waals surface area contributed by atoms with Crippen molar-refractivity contribution in [3.63, 3.8) is 0 Å². The van der Waals surface area contributed by atoms with Gasteiger partial charge in [-0.3, -0.25) is 9.59 Å². The smallest absolute Gasteiger partial charge is 0.292 e. The van der Waals surface area contributed by atoms with Gasteiger partial charge in [0.1, 0.15) is 5.82 Å². The number of carbonyl (C=O) groups excluding carboxylic acids is 2. The number of hydrogen-bond acceptors (Lipinski definition) is 5. The minimum atomic E-state index is -0.133. The van der Waals surface area contributed by atoms with E-state index in [2.05, 4.69) is 40.8 Å². The van der Waals surface area contributed by atoms with Crippen LogP contribution in [0, 0.1) is 5.92 Å². The number of nitrogens with zero attached hydrogens (tertiary/aromatic N) is 2. The molecule has 0 bridgehead atoms. The van der Waals surface area contributed by atoms with Crippen molar-refractivity contribution >= 4 is 12.4 Å². The SMILES string of the molecule is CCCN(Cc1ncc[nH]1)C(=O)C(NC)C(C)C.COC=O. The first-order valence-electron chi connectivity index (χ1n) is 7.42. The summed E-state index contributed by atoms with van der Waals surface area (Å²) < 4.78 is 3.86. The zero-order chi connectivity index (χ0) is 17.0. The maximum Gasteiger partial charge on any atom is 0.292 e. The number of ether oxygens (including phenoxy) is 1. The molecule has 0 fully saturated rings. The molecule has 0 saturated heterocycles. The molecular weight excluding hydrogens is 284 g/mol. The van der Waals surface area contributed by atoms with Gasteiger partial charge in [0.15, 0.2) is 0 Å². The van der Waals surface area contributed by atoms with Crippen molar-refractivity contribution < 1.29 is 14.3 Å². The van der Waals surface area contributed by atoms with Gasteiger partial charge in [-0.1, -0.05) is 20.8 Å². The number of methoxy groups -OCH3 is 1. The quantitative estimate of drug-likeness (QED) is 0.704. The molecule has 7 heteroatoms. The van der Waals surface area contributed by atoms with Gasteiger partial charge in [0.05, 0.1) is 19.7 Å². The third kappa shape index (κ3) is 7.21. The molecule has 1 unspecified atom stereocenters. The Hall–Kier alpha value is -1.89. The summed E-state index contributed by atoms with van der Waals surface area (Å²) in [5, 5.41) is 3.10. The molecule has 1 atom stereocenters. The van der Waals surface area contributed by atoms with Crippen LogP contribution in [0.3, 0.4) is 0 Å². The number of rotatable bonds is 8. The molecule has 0 radical (unpaired) electrons. The lowest BCUT2D eigenvalue weighted by Gasteiger charge is -2.28. The van der Waals surface area contributed by atoms with Crippen molar-refractivity contribution in [1.82, 2.24) is 20.2 Å². The fraction of sp³-hybridized carbons (Fsp3) is 0.667. The summed E-state index contributed by atoms with van der Waals surface area (Å²) in [7, 11) is 3.15. The van der Waals surface area contributed by atoms with E-state index in [4.69, 9.17) is 4.79 Å². The van der Waals surface area contributed by atoms with Crippen molar-refractivity contribution in [1.29, 1.82) is 0 Å². The second-order valence-electron chi connectivity index (χ2n) is 5.14. The van der Waals surface area contributed by atoms with Crippen LogP contribution < -0.4 is 5.32 Å². The lowest BCUT2D eigenvalue weighted by Crippen LogP contribution is -2.48. The highest BCUT2D eigenvalue weighted by Crippen LogP contribution is 2.09. The molecule has 22 heavy (non-hydrogen) atoms. The summed E-state index contributed by atoms with van der Waals surface area (Å²) in [6.45, 7) is 7.85. The van der Waals surface area contributed by atoms with E-state index in [-0.39, 0.29) is 17.9 Å².